The number of likely N-dealkylation sites (tertiary alicyclic amines) is 1. The second kappa shape index (κ2) is 6.74. The molecule has 4 heteroatoms. The fourth-order valence-electron chi connectivity index (χ4n) is 2.46. The maximum Gasteiger partial charge on any atom is 0.0462 e. The molecule has 1 aliphatic rings. The van der Waals surface area contributed by atoms with Crippen LogP contribution in [-0.2, 0) is 6.54 Å². The van der Waals surface area contributed by atoms with Crippen molar-refractivity contribution < 1.29 is 0 Å². The quantitative estimate of drug-likeness (QED) is 0.644. The number of hydrogen-bond acceptors (Lipinski definition) is 1. The highest BCUT2D eigenvalue weighted by Gasteiger charge is 2.22. The van der Waals surface area contributed by atoms with Gasteiger partial charge in [-0.25, -0.2) is 0 Å². The van der Waals surface area contributed by atoms with Crippen molar-refractivity contribution in [3.63, 3.8) is 0 Å². The van der Waals surface area contributed by atoms with E-state index in [1.807, 2.05) is 6.07 Å². The van der Waals surface area contributed by atoms with Gasteiger partial charge in [0.05, 0.1) is 0 Å². The van der Waals surface area contributed by atoms with Crippen molar-refractivity contribution in [1.82, 2.24) is 4.90 Å². The molecule has 18 heavy (non-hydrogen) atoms. The van der Waals surface area contributed by atoms with E-state index >= 15 is 0 Å². The van der Waals surface area contributed by atoms with Crippen LogP contribution in [0.2, 0.25) is 5.02 Å². The maximum atomic E-state index is 6.26. The van der Waals surface area contributed by atoms with Gasteiger partial charge in [-0.15, -0.1) is 0 Å². The predicted molar refractivity (Wildman–Crippen MR) is 85.5 cm³/mol. The molecule has 0 radical (unpaired) electrons. The second-order valence-corrected chi connectivity index (χ2v) is 7.79. The third-order valence-electron chi connectivity index (χ3n) is 3.69. The first-order valence-electron chi connectivity index (χ1n) is 6.36. The lowest BCUT2D eigenvalue weighted by Crippen LogP contribution is -2.35. The molecular formula is C14H18Br2ClN. The monoisotopic (exact) mass is 393 g/mol. The molecule has 1 unspecified atom stereocenters. The lowest BCUT2D eigenvalue weighted by molar-refractivity contribution is 0.178. The summed E-state index contributed by atoms with van der Waals surface area (Å²) in [4.78, 5) is 3.14. The third-order valence-corrected chi connectivity index (χ3v) is 5.28. The van der Waals surface area contributed by atoms with Gasteiger partial charge < -0.3 is 0 Å². The molecule has 1 nitrogen and oxygen atoms in total. The molecule has 1 aromatic carbocycles. The lowest BCUT2D eigenvalue weighted by Gasteiger charge is -2.33. The van der Waals surface area contributed by atoms with E-state index in [4.69, 9.17) is 11.6 Å². The number of hydrogen-bond donors (Lipinski definition) is 0. The van der Waals surface area contributed by atoms with Gasteiger partial charge >= 0.3 is 0 Å². The average Bonchev–Trinajstić information content (AvgIpc) is 2.33. The Morgan fingerprint density at radius 1 is 1.39 bits per heavy atom. The van der Waals surface area contributed by atoms with E-state index < -0.39 is 0 Å². The standard InChI is InChI=1S/C14H18Br2ClN/c1-10(15)11-4-6-18(7-5-11)9-12-2-3-13(16)8-14(12)17/h2-3,8,10-11H,4-7,9H2,1H3. The molecule has 1 saturated heterocycles. The van der Waals surface area contributed by atoms with Crippen LogP contribution in [0, 0.1) is 5.92 Å². The van der Waals surface area contributed by atoms with E-state index in [2.05, 4.69) is 55.8 Å². The molecule has 1 aliphatic heterocycles. The summed E-state index contributed by atoms with van der Waals surface area (Å²) in [6.07, 6.45) is 2.56. The van der Waals surface area contributed by atoms with Crippen molar-refractivity contribution in [1.29, 1.82) is 0 Å². The fraction of sp³-hybridized carbons (Fsp3) is 0.571. The Morgan fingerprint density at radius 3 is 2.61 bits per heavy atom. The van der Waals surface area contributed by atoms with E-state index in [0.29, 0.717) is 4.83 Å². The molecule has 0 saturated carbocycles. The molecule has 0 aliphatic carbocycles. The van der Waals surface area contributed by atoms with Crippen molar-refractivity contribution in [3.8, 4) is 0 Å². The number of benzene rings is 1. The molecule has 1 fully saturated rings. The van der Waals surface area contributed by atoms with Crippen LogP contribution in [0.25, 0.3) is 0 Å². The summed E-state index contributed by atoms with van der Waals surface area (Å²) in [5, 5.41) is 0.861. The van der Waals surface area contributed by atoms with E-state index in [0.717, 1.165) is 22.0 Å². The van der Waals surface area contributed by atoms with Crippen molar-refractivity contribution in [2.45, 2.75) is 31.1 Å². The van der Waals surface area contributed by atoms with Gasteiger partial charge in [0.1, 0.15) is 0 Å². The Balaban J connectivity index is 1.91. The average molecular weight is 396 g/mol. The molecule has 100 valence electrons. The molecule has 0 bridgehead atoms. The number of nitrogens with zero attached hydrogens (tertiary/aromatic N) is 1. The third kappa shape index (κ3) is 3.96. The summed E-state index contributed by atoms with van der Waals surface area (Å²) < 4.78 is 1.04. The summed E-state index contributed by atoms with van der Waals surface area (Å²) in [5.41, 5.74) is 1.23. The summed E-state index contributed by atoms with van der Waals surface area (Å²) >= 11 is 13.4. The number of alkyl halides is 1. The van der Waals surface area contributed by atoms with E-state index in [1.54, 1.807) is 0 Å². The first-order valence-corrected chi connectivity index (χ1v) is 8.45. The zero-order chi connectivity index (χ0) is 13.1. The van der Waals surface area contributed by atoms with Crippen molar-refractivity contribution >= 4 is 43.5 Å². The summed E-state index contributed by atoms with van der Waals surface area (Å²) in [6, 6.07) is 6.16. The van der Waals surface area contributed by atoms with Crippen LogP contribution in [0.4, 0.5) is 0 Å². The molecule has 1 atom stereocenters. The first-order chi connectivity index (χ1) is 8.56. The van der Waals surface area contributed by atoms with Crippen molar-refractivity contribution in [2.75, 3.05) is 13.1 Å². The Bertz CT molecular complexity index is 401. The highest BCUT2D eigenvalue weighted by Crippen LogP contribution is 2.27. The van der Waals surface area contributed by atoms with Crippen LogP contribution in [0.15, 0.2) is 22.7 Å². The summed E-state index contributed by atoms with van der Waals surface area (Å²) in [5.74, 6) is 0.821. The minimum atomic E-state index is 0.635. The zero-order valence-corrected chi connectivity index (χ0v) is 14.4. The van der Waals surface area contributed by atoms with Crippen LogP contribution in [0.5, 0.6) is 0 Å². The molecule has 0 amide bonds. The number of rotatable bonds is 3. The van der Waals surface area contributed by atoms with Crippen molar-refractivity contribution in [3.05, 3.63) is 33.3 Å². The molecule has 0 aromatic heterocycles. The van der Waals surface area contributed by atoms with Crippen LogP contribution >= 0.6 is 43.5 Å². The number of halogens is 3. The van der Waals surface area contributed by atoms with Crippen LogP contribution in [-0.4, -0.2) is 22.8 Å². The van der Waals surface area contributed by atoms with Gasteiger partial charge in [0.25, 0.3) is 0 Å². The predicted octanol–water partition coefficient (Wildman–Crippen LogP) is 5.10. The minimum absolute atomic E-state index is 0.635. The molecule has 0 spiro atoms. The van der Waals surface area contributed by atoms with E-state index in [9.17, 15) is 0 Å². The largest absolute Gasteiger partial charge is 0.299 e. The molecule has 1 aromatic rings. The Labute approximate surface area is 131 Å². The highest BCUT2D eigenvalue weighted by molar-refractivity contribution is 9.10. The van der Waals surface area contributed by atoms with Gasteiger partial charge in [-0.1, -0.05) is 56.5 Å². The minimum Gasteiger partial charge on any atom is -0.299 e. The summed E-state index contributed by atoms with van der Waals surface area (Å²) in [6.45, 7) is 5.57. The smallest absolute Gasteiger partial charge is 0.0462 e. The Kier molecular flexibility index (Phi) is 5.55. The Morgan fingerprint density at radius 2 is 2.06 bits per heavy atom. The van der Waals surface area contributed by atoms with Gasteiger partial charge in [0, 0.05) is 20.9 Å². The van der Waals surface area contributed by atoms with Gasteiger partial charge in [0.15, 0.2) is 0 Å². The lowest BCUT2D eigenvalue weighted by atomic mass is 9.94. The SMILES string of the molecule is CC(Br)C1CCN(Cc2ccc(Br)cc2Cl)CC1. The molecule has 2 rings (SSSR count). The van der Waals surface area contributed by atoms with Crippen molar-refractivity contribution in [2.24, 2.45) is 5.92 Å². The van der Waals surface area contributed by atoms with Crippen LogP contribution in [0.1, 0.15) is 25.3 Å². The molecule has 1 heterocycles. The highest BCUT2D eigenvalue weighted by atomic mass is 79.9. The van der Waals surface area contributed by atoms with Gasteiger partial charge in [-0.3, -0.25) is 4.90 Å². The second-order valence-electron chi connectivity index (χ2n) is 5.03. The van der Waals surface area contributed by atoms with Gasteiger partial charge in [0.2, 0.25) is 0 Å². The Hall–Kier alpha value is 0.430. The zero-order valence-electron chi connectivity index (χ0n) is 10.5. The normalized spacial score (nSPS) is 20.0. The van der Waals surface area contributed by atoms with Crippen LogP contribution < -0.4 is 0 Å². The first kappa shape index (κ1) is 14.8. The molecular weight excluding hydrogens is 377 g/mol. The van der Waals surface area contributed by atoms with Gasteiger partial charge in [-0.05, 0) is 49.5 Å². The number of piperidine rings is 1. The van der Waals surface area contributed by atoms with E-state index in [1.165, 1.54) is 31.5 Å². The molecule has 0 N–H and O–H groups in total. The van der Waals surface area contributed by atoms with Crippen LogP contribution in [0.3, 0.4) is 0 Å². The fourth-order valence-corrected chi connectivity index (χ4v) is 3.72. The topological polar surface area (TPSA) is 3.24 Å². The summed E-state index contributed by atoms with van der Waals surface area (Å²) in [7, 11) is 0. The van der Waals surface area contributed by atoms with E-state index in [-0.39, 0.29) is 0 Å². The van der Waals surface area contributed by atoms with Gasteiger partial charge in [-0.2, -0.15) is 0 Å². The maximum absolute atomic E-state index is 6.26.